The number of amides is 3. The summed E-state index contributed by atoms with van der Waals surface area (Å²) in [5.41, 5.74) is 6.54. The van der Waals surface area contributed by atoms with Crippen LogP contribution < -0.4 is 26.4 Å². The van der Waals surface area contributed by atoms with Crippen molar-refractivity contribution < 1.29 is 37.4 Å². The van der Waals surface area contributed by atoms with Crippen molar-refractivity contribution in [2.45, 2.75) is 12.2 Å². The molecule has 9 nitrogen and oxygen atoms in total. The predicted octanol–water partition coefficient (Wildman–Crippen LogP) is 0.374. The molecule has 0 aromatic heterocycles. The van der Waals surface area contributed by atoms with Gasteiger partial charge in [0, 0.05) is 20.1 Å². The van der Waals surface area contributed by atoms with Crippen LogP contribution in [0.25, 0.3) is 0 Å². The van der Waals surface area contributed by atoms with Gasteiger partial charge in [0.25, 0.3) is 0 Å². The summed E-state index contributed by atoms with van der Waals surface area (Å²) in [6, 6.07) is 5.93. The number of nitrogens with two attached hydrogens (primary N) is 1. The van der Waals surface area contributed by atoms with Crippen LogP contribution in [0.15, 0.2) is 24.3 Å². The Balaban J connectivity index is 0.000000821. The number of aliphatic carboxylic acids is 1. The normalized spacial score (nSPS) is 11.3. The highest BCUT2D eigenvalue weighted by Gasteiger charge is 2.38. The van der Waals surface area contributed by atoms with Crippen LogP contribution in [0.5, 0.6) is 5.75 Å². The Morgan fingerprint density at radius 3 is 2.04 bits per heavy atom. The smallest absolute Gasteiger partial charge is 0.490 e. The molecule has 0 saturated carbocycles. The van der Waals surface area contributed by atoms with E-state index < -0.39 is 18.2 Å². The number of alkyl halides is 3. The zero-order valence-corrected chi connectivity index (χ0v) is 14.6. The molecule has 152 valence electrons. The lowest BCUT2D eigenvalue weighted by molar-refractivity contribution is -0.192. The van der Waals surface area contributed by atoms with E-state index in [2.05, 4.69) is 16.0 Å². The highest BCUT2D eigenvalue weighted by Crippen LogP contribution is 2.16. The predicted molar refractivity (Wildman–Crippen MR) is 89.1 cm³/mol. The van der Waals surface area contributed by atoms with E-state index in [9.17, 15) is 22.8 Å². The Labute approximate surface area is 153 Å². The van der Waals surface area contributed by atoms with Crippen LogP contribution >= 0.6 is 0 Å². The first-order valence-corrected chi connectivity index (χ1v) is 7.45. The first-order chi connectivity index (χ1) is 12.5. The van der Waals surface area contributed by atoms with E-state index in [1.54, 1.807) is 31.4 Å². The van der Waals surface area contributed by atoms with Gasteiger partial charge in [-0.15, -0.1) is 0 Å². The molecular weight excluding hydrogens is 373 g/mol. The largest absolute Gasteiger partial charge is 0.497 e. The first-order valence-electron chi connectivity index (χ1n) is 7.45. The number of methoxy groups -OCH3 is 1. The molecule has 1 unspecified atom stereocenters. The fourth-order valence-electron chi connectivity index (χ4n) is 1.52. The lowest BCUT2D eigenvalue weighted by Gasteiger charge is -2.13. The van der Waals surface area contributed by atoms with Gasteiger partial charge in [0.05, 0.1) is 7.11 Å². The van der Waals surface area contributed by atoms with Crippen molar-refractivity contribution in [1.82, 2.24) is 16.0 Å². The van der Waals surface area contributed by atoms with Crippen LogP contribution in [-0.4, -0.2) is 56.4 Å². The van der Waals surface area contributed by atoms with Crippen molar-refractivity contribution in [2.75, 3.05) is 27.2 Å². The van der Waals surface area contributed by atoms with E-state index >= 15 is 0 Å². The highest BCUT2D eigenvalue weighted by molar-refractivity contribution is 5.83. The molecule has 3 amide bonds. The molecule has 12 heteroatoms. The van der Waals surface area contributed by atoms with Gasteiger partial charge in [-0.05, 0) is 17.7 Å². The maximum absolute atomic E-state index is 11.8. The minimum atomic E-state index is -5.08. The Hall–Kier alpha value is -3.02. The topological polar surface area (TPSA) is 143 Å². The third kappa shape index (κ3) is 9.89. The minimum absolute atomic E-state index is 0.293. The van der Waals surface area contributed by atoms with Gasteiger partial charge in [-0.3, -0.25) is 4.79 Å². The number of halogens is 3. The molecule has 0 fully saturated rings. The number of urea groups is 1. The van der Waals surface area contributed by atoms with Gasteiger partial charge in [-0.2, -0.15) is 13.2 Å². The summed E-state index contributed by atoms with van der Waals surface area (Å²) in [5.74, 6) is -2.35. The molecule has 0 aliphatic heterocycles. The van der Waals surface area contributed by atoms with Crippen molar-refractivity contribution in [1.29, 1.82) is 0 Å². The molecule has 0 saturated heterocycles. The molecule has 0 radical (unpaired) electrons. The lowest BCUT2D eigenvalue weighted by Crippen LogP contribution is -2.41. The van der Waals surface area contributed by atoms with Crippen LogP contribution in [0, 0.1) is 0 Å². The summed E-state index contributed by atoms with van der Waals surface area (Å²) in [7, 11) is 3.09. The van der Waals surface area contributed by atoms with Gasteiger partial charge in [-0.25, -0.2) is 9.59 Å². The zero-order valence-electron chi connectivity index (χ0n) is 14.6. The number of carboxylic acids is 1. The van der Waals surface area contributed by atoms with Crippen LogP contribution in [-0.2, 0) is 9.59 Å². The Kier molecular flexibility index (Phi) is 10.3. The highest BCUT2D eigenvalue weighted by atomic mass is 19.4. The van der Waals surface area contributed by atoms with Crippen LogP contribution in [0.1, 0.15) is 11.6 Å². The second kappa shape index (κ2) is 11.6. The van der Waals surface area contributed by atoms with Gasteiger partial charge in [-0.1, -0.05) is 12.1 Å². The Morgan fingerprint density at radius 1 is 1.15 bits per heavy atom. The summed E-state index contributed by atoms with van der Waals surface area (Å²) >= 11 is 0. The molecule has 1 aromatic rings. The number of benzene rings is 1. The average molecular weight is 394 g/mol. The molecule has 6 N–H and O–H groups in total. The second-order valence-electron chi connectivity index (χ2n) is 4.85. The number of rotatable bonds is 6. The van der Waals surface area contributed by atoms with Gasteiger partial charge in [0.15, 0.2) is 0 Å². The number of carbonyl (C=O) groups excluding carboxylic acids is 2. The number of hydrogen-bond acceptors (Lipinski definition) is 5. The molecule has 0 aliphatic rings. The Bertz CT molecular complexity index is 623. The standard InChI is InChI=1S/C13H20N4O3.C2HF3O2/c1-15-13(19)17-8-7-16-12(18)11(14)9-3-5-10(20-2)6-4-9;3-2(4,5)1(6)7/h3-6,11H,7-8,14H2,1-2H3,(H,16,18)(H2,15,17,19);(H,6,7). The van der Waals surface area contributed by atoms with Crippen molar-refractivity contribution in [2.24, 2.45) is 5.73 Å². The van der Waals surface area contributed by atoms with E-state index in [4.69, 9.17) is 20.4 Å². The van der Waals surface area contributed by atoms with E-state index in [-0.39, 0.29) is 11.9 Å². The molecule has 0 aliphatic carbocycles. The third-order valence-electron chi connectivity index (χ3n) is 2.94. The number of carbonyl (C=O) groups is 3. The molecule has 27 heavy (non-hydrogen) atoms. The summed E-state index contributed by atoms with van der Waals surface area (Å²) < 4.78 is 36.8. The maximum Gasteiger partial charge on any atom is 0.490 e. The van der Waals surface area contributed by atoms with Gasteiger partial charge in [0.1, 0.15) is 11.8 Å². The molecule has 1 rings (SSSR count). The van der Waals surface area contributed by atoms with Crippen molar-refractivity contribution >= 4 is 17.9 Å². The lowest BCUT2D eigenvalue weighted by atomic mass is 10.1. The SMILES string of the molecule is CNC(=O)NCCNC(=O)C(N)c1ccc(OC)cc1.O=C(O)C(F)(F)F. The van der Waals surface area contributed by atoms with E-state index in [1.807, 2.05) is 0 Å². The molecule has 0 spiro atoms. The summed E-state index contributed by atoms with van der Waals surface area (Å²) in [5, 5.41) is 14.7. The molecule has 0 heterocycles. The minimum Gasteiger partial charge on any atom is -0.497 e. The quantitative estimate of drug-likeness (QED) is 0.441. The molecule has 0 bridgehead atoms. The van der Waals surface area contributed by atoms with Gasteiger partial charge >= 0.3 is 18.2 Å². The summed E-state index contributed by atoms with van der Waals surface area (Å²) in [6.45, 7) is 0.650. The van der Waals surface area contributed by atoms with Crippen LogP contribution in [0.2, 0.25) is 0 Å². The second-order valence-corrected chi connectivity index (χ2v) is 4.85. The van der Waals surface area contributed by atoms with Crippen LogP contribution in [0.3, 0.4) is 0 Å². The van der Waals surface area contributed by atoms with Crippen molar-refractivity contribution in [3.63, 3.8) is 0 Å². The van der Waals surface area contributed by atoms with Crippen molar-refractivity contribution in [3.05, 3.63) is 29.8 Å². The van der Waals surface area contributed by atoms with E-state index in [0.29, 0.717) is 24.4 Å². The zero-order chi connectivity index (χ0) is 21.0. The first kappa shape index (κ1) is 24.0. The number of carboxylic acid groups (broad SMARTS) is 1. The third-order valence-corrected chi connectivity index (χ3v) is 2.94. The molecular formula is C15H21F3N4O5. The number of nitrogens with one attached hydrogen (secondary N) is 3. The van der Waals surface area contributed by atoms with Crippen molar-refractivity contribution in [3.8, 4) is 5.75 Å². The fourth-order valence-corrected chi connectivity index (χ4v) is 1.52. The Morgan fingerprint density at radius 2 is 1.63 bits per heavy atom. The fraction of sp³-hybridized carbons (Fsp3) is 0.400. The maximum atomic E-state index is 11.8. The van der Waals surface area contributed by atoms with Crippen LogP contribution in [0.4, 0.5) is 18.0 Å². The summed E-state index contributed by atoms with van der Waals surface area (Å²) in [6.07, 6.45) is -5.08. The average Bonchev–Trinajstić information content (AvgIpc) is 2.63. The summed E-state index contributed by atoms with van der Waals surface area (Å²) in [4.78, 5) is 31.6. The van der Waals surface area contributed by atoms with E-state index in [0.717, 1.165) is 0 Å². The van der Waals surface area contributed by atoms with Gasteiger partial charge < -0.3 is 31.5 Å². The molecule has 1 atom stereocenters. The number of hydrogen-bond donors (Lipinski definition) is 5. The number of ether oxygens (including phenoxy) is 1. The van der Waals surface area contributed by atoms with E-state index in [1.165, 1.54) is 7.05 Å². The molecule has 1 aromatic carbocycles. The van der Waals surface area contributed by atoms with Gasteiger partial charge in [0.2, 0.25) is 5.91 Å². The monoisotopic (exact) mass is 394 g/mol.